The number of esters is 1. The van der Waals surface area contributed by atoms with E-state index in [9.17, 15) is 24.3 Å². The fourth-order valence-electron chi connectivity index (χ4n) is 7.35. The molecule has 48 heavy (non-hydrogen) atoms. The normalized spacial score (nSPS) is 26.8. The molecule has 2 aromatic rings. The summed E-state index contributed by atoms with van der Waals surface area (Å²) < 4.78 is 12.2. The van der Waals surface area contributed by atoms with E-state index in [1.165, 1.54) is 9.80 Å². The van der Waals surface area contributed by atoms with Crippen molar-refractivity contribution in [1.82, 2.24) is 10.2 Å². The van der Waals surface area contributed by atoms with Crippen molar-refractivity contribution in [2.45, 2.75) is 67.3 Å². The average molecular weight is 743 g/mol. The van der Waals surface area contributed by atoms with Gasteiger partial charge in [-0.15, -0.1) is 13.2 Å². The van der Waals surface area contributed by atoms with Gasteiger partial charge in [-0.2, -0.15) is 0 Å². The van der Waals surface area contributed by atoms with Gasteiger partial charge in [-0.25, -0.2) is 0 Å². The maximum atomic E-state index is 14.8. The number of aliphatic hydroxyl groups is 1. The van der Waals surface area contributed by atoms with Gasteiger partial charge in [-0.05, 0) is 37.0 Å². The van der Waals surface area contributed by atoms with E-state index in [-0.39, 0.29) is 31.0 Å². The van der Waals surface area contributed by atoms with Crippen molar-refractivity contribution in [3.05, 3.63) is 90.5 Å². The van der Waals surface area contributed by atoms with Gasteiger partial charge < -0.3 is 29.7 Å². The van der Waals surface area contributed by atoms with E-state index in [0.29, 0.717) is 30.0 Å². The fourth-order valence-corrected chi connectivity index (χ4v) is 8.53. The number of hydrogen-bond acceptors (Lipinski definition) is 7. The third-order valence-electron chi connectivity index (χ3n) is 9.54. The predicted octanol–water partition coefficient (Wildman–Crippen LogP) is 4.74. The molecular weight excluding hydrogens is 702 g/mol. The van der Waals surface area contributed by atoms with Crippen LogP contribution in [-0.4, -0.2) is 82.1 Å². The van der Waals surface area contributed by atoms with Crippen molar-refractivity contribution < 1.29 is 33.8 Å². The Labute approximate surface area is 294 Å². The highest BCUT2D eigenvalue weighted by molar-refractivity contribution is 9.09. The zero-order chi connectivity index (χ0) is 34.6. The summed E-state index contributed by atoms with van der Waals surface area (Å²) >= 11 is 10.3. The lowest BCUT2D eigenvalue weighted by molar-refractivity contribution is -0.146. The van der Waals surface area contributed by atoms with Crippen LogP contribution in [0.3, 0.4) is 0 Å². The van der Waals surface area contributed by atoms with E-state index in [4.69, 9.17) is 21.1 Å². The number of anilines is 1. The van der Waals surface area contributed by atoms with Crippen molar-refractivity contribution in [3.63, 3.8) is 0 Å². The SMILES string of the molecule is C=CCCC(=O)OC[C@H](NC(=O)[C@H]1[C@@H]2O[C@@]3(CC2Br)[C@@H]1C(=O)N([C@@H](CC)CO)[C@@H]3C(=O)N(CC=C)c1ccccc1Cl)c1ccccc1. The highest BCUT2D eigenvalue weighted by Gasteiger charge is 2.77. The average Bonchev–Trinajstić information content (AvgIpc) is 3.69. The van der Waals surface area contributed by atoms with Crippen LogP contribution in [0, 0.1) is 11.8 Å². The van der Waals surface area contributed by atoms with Crippen LogP contribution in [0.2, 0.25) is 5.02 Å². The van der Waals surface area contributed by atoms with Crippen LogP contribution in [0.5, 0.6) is 0 Å². The van der Waals surface area contributed by atoms with Gasteiger partial charge in [-0.1, -0.05) is 89.1 Å². The van der Waals surface area contributed by atoms with Crippen molar-refractivity contribution in [2.75, 3.05) is 24.7 Å². The molecule has 0 aromatic heterocycles. The van der Waals surface area contributed by atoms with E-state index in [2.05, 4.69) is 34.4 Å². The number of nitrogens with one attached hydrogen (secondary N) is 1. The number of ether oxygens (including phenoxy) is 2. The first kappa shape index (κ1) is 35.8. The number of carbonyl (C=O) groups excluding carboxylic acids is 4. The predicted molar refractivity (Wildman–Crippen MR) is 185 cm³/mol. The Kier molecular flexibility index (Phi) is 11.5. The second-order valence-electron chi connectivity index (χ2n) is 12.3. The third-order valence-corrected chi connectivity index (χ3v) is 10.7. The van der Waals surface area contributed by atoms with Crippen LogP contribution in [0.15, 0.2) is 79.9 Å². The molecule has 256 valence electrons. The number of fused-ring (bicyclic) bond motifs is 1. The minimum atomic E-state index is -1.36. The summed E-state index contributed by atoms with van der Waals surface area (Å²) in [7, 11) is 0. The number of aliphatic hydroxyl groups excluding tert-OH is 1. The number of allylic oxidation sites excluding steroid dienone is 1. The van der Waals surface area contributed by atoms with Crippen molar-refractivity contribution in [1.29, 1.82) is 0 Å². The first-order chi connectivity index (χ1) is 23.1. The smallest absolute Gasteiger partial charge is 0.306 e. The molecule has 3 aliphatic heterocycles. The molecule has 1 spiro atoms. The maximum Gasteiger partial charge on any atom is 0.306 e. The number of alkyl halides is 1. The molecule has 3 aliphatic rings. The Morgan fingerprint density at radius 2 is 1.90 bits per heavy atom. The Balaban J connectivity index is 1.51. The summed E-state index contributed by atoms with van der Waals surface area (Å²) in [6.07, 6.45) is 3.77. The monoisotopic (exact) mass is 741 g/mol. The Bertz CT molecular complexity index is 1540. The second-order valence-corrected chi connectivity index (χ2v) is 13.9. The molecule has 3 fully saturated rings. The van der Waals surface area contributed by atoms with Gasteiger partial charge in [0.15, 0.2) is 0 Å². The topological polar surface area (TPSA) is 125 Å². The number of amides is 3. The first-order valence-corrected chi connectivity index (χ1v) is 17.5. The van der Waals surface area contributed by atoms with Crippen molar-refractivity contribution >= 4 is 56.9 Å². The summed E-state index contributed by atoms with van der Waals surface area (Å²) in [6.45, 7) is 8.91. The van der Waals surface area contributed by atoms with Crippen molar-refractivity contribution in [2.24, 2.45) is 11.8 Å². The number of nitrogens with zero attached hydrogens (tertiary/aromatic N) is 2. The van der Waals surface area contributed by atoms with Gasteiger partial charge in [0.1, 0.15) is 18.2 Å². The molecule has 12 heteroatoms. The number of rotatable bonds is 15. The van der Waals surface area contributed by atoms with Crippen LogP contribution >= 0.6 is 27.5 Å². The number of likely N-dealkylation sites (tertiary alicyclic amines) is 1. The molecule has 8 atom stereocenters. The summed E-state index contributed by atoms with van der Waals surface area (Å²) in [6, 6.07) is 13.5. The van der Waals surface area contributed by atoms with Gasteiger partial charge in [0.25, 0.3) is 5.91 Å². The van der Waals surface area contributed by atoms with Crippen LogP contribution < -0.4 is 10.2 Å². The zero-order valence-electron chi connectivity index (χ0n) is 26.8. The summed E-state index contributed by atoms with van der Waals surface area (Å²) in [5.74, 6) is -3.73. The number of halogens is 2. The standard InChI is InChI=1S/C36H41BrClN3O7/c1-4-7-17-28(43)47-21-26(22-13-9-8-10-14-22)39-33(44)29-30-34(45)41(23(6-3)20-42)32(36(30)19-24(37)31(29)48-36)35(46)40(18-5-2)27-16-12-11-15-25(27)38/h4-5,8-16,23-24,26,29-32,42H,1-2,6-7,17-21H2,3H3,(H,39,44)/t23-,24?,26-,29+,30-,31+,32+,36-/m0/s1. The largest absolute Gasteiger partial charge is 0.463 e. The minimum absolute atomic E-state index is 0.104. The second kappa shape index (κ2) is 15.4. The Morgan fingerprint density at radius 1 is 1.19 bits per heavy atom. The van der Waals surface area contributed by atoms with Crippen LogP contribution in [0.1, 0.15) is 44.2 Å². The molecule has 3 saturated heterocycles. The molecule has 2 bridgehead atoms. The van der Waals surface area contributed by atoms with Gasteiger partial charge in [0.05, 0.1) is 47.3 Å². The van der Waals surface area contributed by atoms with Gasteiger partial charge in [-0.3, -0.25) is 19.2 Å². The highest BCUT2D eigenvalue weighted by Crippen LogP contribution is 2.60. The Hall–Kier alpha value is -3.51. The maximum absolute atomic E-state index is 14.8. The summed E-state index contributed by atoms with van der Waals surface area (Å²) in [5.41, 5.74) is -0.202. The molecule has 0 aliphatic carbocycles. The fraction of sp³-hybridized carbons (Fsp3) is 0.444. The number of para-hydroxylation sites is 1. The first-order valence-electron chi connectivity index (χ1n) is 16.2. The van der Waals surface area contributed by atoms with Crippen LogP contribution in [-0.2, 0) is 28.7 Å². The molecule has 10 nitrogen and oxygen atoms in total. The molecular formula is C36H41BrClN3O7. The molecule has 1 unspecified atom stereocenters. The molecule has 5 rings (SSSR count). The molecule has 3 heterocycles. The zero-order valence-corrected chi connectivity index (χ0v) is 29.1. The van der Waals surface area contributed by atoms with E-state index in [0.717, 1.165) is 5.56 Å². The number of carbonyl (C=O) groups is 4. The molecule has 2 aromatic carbocycles. The minimum Gasteiger partial charge on any atom is -0.463 e. The lowest BCUT2D eigenvalue weighted by Crippen LogP contribution is -2.59. The molecule has 0 saturated carbocycles. The van der Waals surface area contributed by atoms with Gasteiger partial charge >= 0.3 is 5.97 Å². The number of benzene rings is 2. The molecule has 2 N–H and O–H groups in total. The van der Waals surface area contributed by atoms with E-state index >= 15 is 0 Å². The molecule has 0 radical (unpaired) electrons. The Morgan fingerprint density at radius 3 is 2.54 bits per heavy atom. The van der Waals surface area contributed by atoms with Gasteiger partial charge in [0, 0.05) is 17.8 Å². The number of hydrogen-bond donors (Lipinski definition) is 2. The van der Waals surface area contributed by atoms with E-state index in [1.54, 1.807) is 36.4 Å². The quantitative estimate of drug-likeness (QED) is 0.154. The van der Waals surface area contributed by atoms with E-state index < -0.39 is 65.4 Å². The third kappa shape index (κ3) is 6.57. The van der Waals surface area contributed by atoms with Gasteiger partial charge in [0.2, 0.25) is 11.8 Å². The van der Waals surface area contributed by atoms with E-state index in [1.807, 2.05) is 37.3 Å². The van der Waals surface area contributed by atoms with Crippen molar-refractivity contribution in [3.8, 4) is 0 Å². The summed E-state index contributed by atoms with van der Waals surface area (Å²) in [4.78, 5) is 58.6. The van der Waals surface area contributed by atoms with Crippen LogP contribution in [0.25, 0.3) is 0 Å². The summed E-state index contributed by atoms with van der Waals surface area (Å²) in [5, 5.41) is 13.8. The lowest BCUT2D eigenvalue weighted by Gasteiger charge is -2.39. The van der Waals surface area contributed by atoms with Crippen LogP contribution in [0.4, 0.5) is 5.69 Å². The molecule has 3 amide bonds. The lowest BCUT2D eigenvalue weighted by atomic mass is 9.70. The highest BCUT2D eigenvalue weighted by atomic mass is 79.9.